The molecule has 2 fully saturated rings. The molecule has 23 heavy (non-hydrogen) atoms. The topological polar surface area (TPSA) is 57.7 Å². The molecule has 0 radical (unpaired) electrons. The van der Waals surface area contributed by atoms with Crippen LogP contribution in [0.1, 0.15) is 24.0 Å². The van der Waals surface area contributed by atoms with E-state index in [0.717, 1.165) is 40.6 Å². The van der Waals surface area contributed by atoms with Gasteiger partial charge in [-0.15, -0.1) is 0 Å². The SMILES string of the molecule is Cc1ccccc1/C=C1\SC(=O)N(CC(=O)N2CCCC2)C1=O. The second kappa shape index (κ2) is 6.58. The molecule has 0 atom stereocenters. The van der Waals surface area contributed by atoms with Gasteiger partial charge in [-0.25, -0.2) is 0 Å². The van der Waals surface area contributed by atoms with Crippen molar-refractivity contribution >= 4 is 34.9 Å². The van der Waals surface area contributed by atoms with Crippen LogP contribution in [0.2, 0.25) is 0 Å². The molecule has 0 bridgehead atoms. The number of benzene rings is 1. The summed E-state index contributed by atoms with van der Waals surface area (Å²) in [5.74, 6) is -0.530. The van der Waals surface area contributed by atoms with Gasteiger partial charge in [-0.2, -0.15) is 0 Å². The summed E-state index contributed by atoms with van der Waals surface area (Å²) in [5, 5.41) is -0.373. The van der Waals surface area contributed by atoms with Crippen LogP contribution in [-0.2, 0) is 9.59 Å². The number of nitrogens with zero attached hydrogens (tertiary/aromatic N) is 2. The number of carbonyl (C=O) groups is 3. The number of carbonyl (C=O) groups excluding carboxylic acids is 3. The number of imide groups is 1. The highest BCUT2D eigenvalue weighted by Gasteiger charge is 2.37. The van der Waals surface area contributed by atoms with E-state index in [1.807, 2.05) is 31.2 Å². The Hall–Kier alpha value is -2.08. The molecule has 1 aromatic rings. The van der Waals surface area contributed by atoms with Crippen LogP contribution >= 0.6 is 11.8 Å². The lowest BCUT2D eigenvalue weighted by atomic mass is 10.1. The lowest BCUT2D eigenvalue weighted by Gasteiger charge is -2.18. The van der Waals surface area contributed by atoms with Gasteiger partial charge in [0.1, 0.15) is 6.54 Å². The van der Waals surface area contributed by atoms with Gasteiger partial charge >= 0.3 is 0 Å². The zero-order valence-electron chi connectivity index (χ0n) is 12.9. The molecule has 0 saturated carbocycles. The molecular weight excluding hydrogens is 312 g/mol. The van der Waals surface area contributed by atoms with E-state index >= 15 is 0 Å². The molecule has 2 aliphatic rings. The summed E-state index contributed by atoms with van der Waals surface area (Å²) in [6.45, 7) is 3.23. The van der Waals surface area contributed by atoms with E-state index in [-0.39, 0.29) is 23.6 Å². The van der Waals surface area contributed by atoms with Crippen LogP contribution in [0, 0.1) is 6.92 Å². The van der Waals surface area contributed by atoms with Crippen molar-refractivity contribution in [3.05, 3.63) is 40.3 Å². The Morgan fingerprint density at radius 3 is 2.61 bits per heavy atom. The molecule has 0 unspecified atom stereocenters. The number of rotatable bonds is 3. The van der Waals surface area contributed by atoms with Crippen molar-refractivity contribution in [2.24, 2.45) is 0 Å². The Bertz CT molecular complexity index is 693. The van der Waals surface area contributed by atoms with Crippen LogP contribution in [0.25, 0.3) is 6.08 Å². The summed E-state index contributed by atoms with van der Waals surface area (Å²) in [6, 6.07) is 7.67. The average Bonchev–Trinajstić information content (AvgIpc) is 3.14. The van der Waals surface area contributed by atoms with E-state index in [2.05, 4.69) is 0 Å². The minimum absolute atomic E-state index is 0.151. The first kappa shape index (κ1) is 15.8. The van der Waals surface area contributed by atoms with E-state index in [9.17, 15) is 14.4 Å². The minimum Gasteiger partial charge on any atom is -0.341 e. The van der Waals surface area contributed by atoms with Gasteiger partial charge in [0.15, 0.2) is 0 Å². The van der Waals surface area contributed by atoms with Crippen molar-refractivity contribution in [1.82, 2.24) is 9.80 Å². The average molecular weight is 330 g/mol. The molecule has 0 aliphatic carbocycles. The zero-order chi connectivity index (χ0) is 16.4. The third-order valence-corrected chi connectivity index (χ3v) is 5.01. The first-order chi connectivity index (χ1) is 11.1. The van der Waals surface area contributed by atoms with Crippen molar-refractivity contribution in [2.45, 2.75) is 19.8 Å². The highest BCUT2D eigenvalue weighted by atomic mass is 32.2. The maximum absolute atomic E-state index is 12.4. The fourth-order valence-corrected chi connectivity index (χ4v) is 3.56. The van der Waals surface area contributed by atoms with Gasteiger partial charge < -0.3 is 4.90 Å². The summed E-state index contributed by atoms with van der Waals surface area (Å²) in [7, 11) is 0. The quantitative estimate of drug-likeness (QED) is 0.800. The van der Waals surface area contributed by atoms with Gasteiger partial charge in [0.2, 0.25) is 5.91 Å². The maximum atomic E-state index is 12.4. The standard InChI is InChI=1S/C17H18N2O3S/c1-12-6-2-3-7-13(12)10-14-16(21)19(17(22)23-14)11-15(20)18-8-4-5-9-18/h2-3,6-7,10H,4-5,8-9,11H2,1H3/b14-10-. The van der Waals surface area contributed by atoms with E-state index in [1.165, 1.54) is 0 Å². The molecule has 6 heteroatoms. The molecule has 3 rings (SSSR count). The molecule has 1 aromatic carbocycles. The first-order valence-electron chi connectivity index (χ1n) is 7.65. The second-order valence-corrected chi connectivity index (χ2v) is 6.71. The number of hydrogen-bond acceptors (Lipinski definition) is 4. The highest BCUT2D eigenvalue weighted by molar-refractivity contribution is 8.18. The maximum Gasteiger partial charge on any atom is 0.294 e. The Balaban J connectivity index is 1.75. The van der Waals surface area contributed by atoms with Gasteiger partial charge in [0.05, 0.1) is 4.91 Å². The predicted molar refractivity (Wildman–Crippen MR) is 89.7 cm³/mol. The predicted octanol–water partition coefficient (Wildman–Crippen LogP) is 2.65. The zero-order valence-corrected chi connectivity index (χ0v) is 13.8. The smallest absolute Gasteiger partial charge is 0.294 e. The van der Waals surface area contributed by atoms with Crippen molar-refractivity contribution in [3.8, 4) is 0 Å². The van der Waals surface area contributed by atoms with E-state index in [0.29, 0.717) is 18.0 Å². The number of hydrogen-bond donors (Lipinski definition) is 0. The molecule has 0 spiro atoms. The summed E-state index contributed by atoms with van der Waals surface area (Å²) in [5.41, 5.74) is 1.94. The Labute approximate surface area is 139 Å². The molecule has 2 saturated heterocycles. The van der Waals surface area contributed by atoms with Gasteiger partial charge in [-0.1, -0.05) is 24.3 Å². The van der Waals surface area contributed by atoms with Crippen LogP contribution in [-0.4, -0.2) is 46.5 Å². The third-order valence-electron chi connectivity index (χ3n) is 4.10. The summed E-state index contributed by atoms with van der Waals surface area (Å²) in [6.07, 6.45) is 3.70. The molecule has 5 nitrogen and oxygen atoms in total. The monoisotopic (exact) mass is 330 g/mol. The first-order valence-corrected chi connectivity index (χ1v) is 8.46. The molecule has 3 amide bonds. The second-order valence-electron chi connectivity index (χ2n) is 5.71. The van der Waals surface area contributed by atoms with E-state index < -0.39 is 0 Å². The van der Waals surface area contributed by atoms with Crippen molar-refractivity contribution in [1.29, 1.82) is 0 Å². The molecule has 0 N–H and O–H groups in total. The van der Waals surface area contributed by atoms with Crippen LogP contribution in [0.3, 0.4) is 0 Å². The van der Waals surface area contributed by atoms with E-state index in [4.69, 9.17) is 0 Å². The normalized spacial score (nSPS) is 20.0. The lowest BCUT2D eigenvalue weighted by molar-refractivity contribution is -0.135. The third kappa shape index (κ3) is 3.32. The molecule has 2 aliphatic heterocycles. The number of thioether (sulfide) groups is 1. The lowest BCUT2D eigenvalue weighted by Crippen LogP contribution is -2.40. The molecule has 120 valence electrons. The summed E-state index contributed by atoms with van der Waals surface area (Å²) in [4.78, 5) is 39.8. The van der Waals surface area contributed by atoms with E-state index in [1.54, 1.807) is 11.0 Å². The van der Waals surface area contributed by atoms with Gasteiger partial charge in [-0.3, -0.25) is 19.3 Å². The van der Waals surface area contributed by atoms with Crippen LogP contribution in [0.15, 0.2) is 29.2 Å². The van der Waals surface area contributed by atoms with Crippen molar-refractivity contribution in [2.75, 3.05) is 19.6 Å². The largest absolute Gasteiger partial charge is 0.341 e. The summed E-state index contributed by atoms with van der Waals surface area (Å²) < 4.78 is 0. The minimum atomic E-state index is -0.379. The molecular formula is C17H18N2O3S. The molecule has 0 aromatic heterocycles. The number of aryl methyl sites for hydroxylation is 1. The van der Waals surface area contributed by atoms with Crippen LogP contribution < -0.4 is 0 Å². The fourth-order valence-electron chi connectivity index (χ4n) is 2.73. The Kier molecular flexibility index (Phi) is 4.52. The number of likely N-dealkylation sites (tertiary alicyclic amines) is 1. The number of amides is 3. The summed E-state index contributed by atoms with van der Waals surface area (Å²) >= 11 is 0.898. The van der Waals surface area contributed by atoms with Crippen LogP contribution in [0.5, 0.6) is 0 Å². The van der Waals surface area contributed by atoms with Crippen LogP contribution in [0.4, 0.5) is 4.79 Å². The Morgan fingerprint density at radius 2 is 1.91 bits per heavy atom. The molecule has 2 heterocycles. The van der Waals surface area contributed by atoms with Crippen molar-refractivity contribution < 1.29 is 14.4 Å². The van der Waals surface area contributed by atoms with Crippen molar-refractivity contribution in [3.63, 3.8) is 0 Å². The Morgan fingerprint density at radius 1 is 1.22 bits per heavy atom. The highest BCUT2D eigenvalue weighted by Crippen LogP contribution is 2.32. The van der Waals surface area contributed by atoms with Gasteiger partial charge in [-0.05, 0) is 48.7 Å². The fraction of sp³-hybridized carbons (Fsp3) is 0.353. The van der Waals surface area contributed by atoms with Gasteiger partial charge in [0, 0.05) is 13.1 Å². The van der Waals surface area contributed by atoms with Gasteiger partial charge in [0.25, 0.3) is 11.1 Å².